The molecule has 1 rings (SSSR count). The average Bonchev–Trinajstić information content (AvgIpc) is 2.26. The van der Waals surface area contributed by atoms with Gasteiger partial charge in [0.15, 0.2) is 0 Å². The van der Waals surface area contributed by atoms with Gasteiger partial charge in [-0.2, -0.15) is 11.8 Å². The maximum atomic E-state index is 6.23. The third-order valence-corrected chi connectivity index (χ3v) is 4.38. The van der Waals surface area contributed by atoms with E-state index in [2.05, 4.69) is 47.4 Å². The maximum absolute atomic E-state index is 6.23. The van der Waals surface area contributed by atoms with Crippen LogP contribution in [-0.4, -0.2) is 18.6 Å². The van der Waals surface area contributed by atoms with E-state index in [0.717, 1.165) is 21.6 Å². The molecule has 0 aliphatic rings. The summed E-state index contributed by atoms with van der Waals surface area (Å²) >= 11 is 11.5. The summed E-state index contributed by atoms with van der Waals surface area (Å²) in [6.45, 7) is 5.44. The number of benzene rings is 1. The van der Waals surface area contributed by atoms with E-state index in [9.17, 15) is 0 Å². The van der Waals surface area contributed by atoms with Gasteiger partial charge in [0.1, 0.15) is 0 Å². The van der Waals surface area contributed by atoms with E-state index in [1.807, 2.05) is 23.9 Å². The Hall–Kier alpha value is 0.300. The van der Waals surface area contributed by atoms with Crippen molar-refractivity contribution in [2.45, 2.75) is 19.9 Å². The van der Waals surface area contributed by atoms with Gasteiger partial charge in [0, 0.05) is 15.5 Å². The molecule has 1 N–H and O–H groups in total. The van der Waals surface area contributed by atoms with Gasteiger partial charge in [0.05, 0.1) is 0 Å². The molecule has 2 unspecified atom stereocenters. The number of rotatable bonds is 6. The maximum Gasteiger partial charge on any atom is 0.0464 e. The Labute approximate surface area is 122 Å². The molecule has 0 aliphatic carbocycles. The minimum Gasteiger partial charge on any atom is -0.310 e. The molecular weight excluding hydrogens is 318 g/mol. The van der Waals surface area contributed by atoms with Crippen molar-refractivity contribution >= 4 is 39.3 Å². The molecule has 0 radical (unpaired) electrons. The Bertz CT molecular complexity index is 359. The minimum atomic E-state index is 0.292. The summed E-state index contributed by atoms with van der Waals surface area (Å²) in [5.41, 5.74) is 1.16. The zero-order valence-electron chi connectivity index (χ0n) is 10.5. The SMILES string of the molecule is CSCC(C)CNC(C)c1ccc(Br)cc1Cl. The predicted molar refractivity (Wildman–Crippen MR) is 83.1 cm³/mol. The lowest BCUT2D eigenvalue weighted by molar-refractivity contribution is 0.501. The predicted octanol–water partition coefficient (Wildman–Crippen LogP) is 4.75. The van der Waals surface area contributed by atoms with Gasteiger partial charge < -0.3 is 5.32 Å². The second kappa shape index (κ2) is 7.67. The minimum absolute atomic E-state index is 0.292. The van der Waals surface area contributed by atoms with Gasteiger partial charge in [0.2, 0.25) is 0 Å². The lowest BCUT2D eigenvalue weighted by Gasteiger charge is -2.18. The van der Waals surface area contributed by atoms with Crippen LogP contribution in [0.4, 0.5) is 0 Å². The van der Waals surface area contributed by atoms with E-state index in [4.69, 9.17) is 11.6 Å². The normalized spacial score (nSPS) is 14.6. The second-order valence-corrected chi connectivity index (χ2v) is 6.59. The van der Waals surface area contributed by atoms with Crippen LogP contribution in [-0.2, 0) is 0 Å². The van der Waals surface area contributed by atoms with Gasteiger partial charge in [-0.05, 0) is 49.1 Å². The Balaban J connectivity index is 2.54. The molecule has 0 aliphatic heterocycles. The van der Waals surface area contributed by atoms with Crippen molar-refractivity contribution < 1.29 is 0 Å². The van der Waals surface area contributed by atoms with Gasteiger partial charge in [-0.1, -0.05) is 40.5 Å². The van der Waals surface area contributed by atoms with Crippen molar-refractivity contribution in [2.75, 3.05) is 18.6 Å². The fourth-order valence-electron chi connectivity index (χ4n) is 1.68. The molecule has 2 atom stereocenters. The molecule has 1 aromatic carbocycles. The first-order chi connectivity index (χ1) is 8.04. The largest absolute Gasteiger partial charge is 0.310 e. The number of halogens is 2. The highest BCUT2D eigenvalue weighted by Crippen LogP contribution is 2.26. The highest BCUT2D eigenvalue weighted by molar-refractivity contribution is 9.10. The zero-order chi connectivity index (χ0) is 12.8. The lowest BCUT2D eigenvalue weighted by Crippen LogP contribution is -2.25. The first-order valence-corrected chi connectivity index (χ1v) is 8.28. The Morgan fingerprint density at radius 3 is 2.71 bits per heavy atom. The summed E-state index contributed by atoms with van der Waals surface area (Å²) in [4.78, 5) is 0. The molecule has 0 amide bonds. The molecule has 1 nitrogen and oxygen atoms in total. The van der Waals surface area contributed by atoms with E-state index in [1.54, 1.807) is 0 Å². The van der Waals surface area contributed by atoms with Gasteiger partial charge in [0.25, 0.3) is 0 Å². The molecule has 0 spiro atoms. The number of nitrogens with one attached hydrogen (secondary N) is 1. The molecule has 0 aromatic heterocycles. The van der Waals surface area contributed by atoms with Crippen molar-refractivity contribution in [3.8, 4) is 0 Å². The van der Waals surface area contributed by atoms with Crippen LogP contribution in [0.5, 0.6) is 0 Å². The van der Waals surface area contributed by atoms with E-state index in [1.165, 1.54) is 5.75 Å². The van der Waals surface area contributed by atoms with Gasteiger partial charge >= 0.3 is 0 Å². The first kappa shape index (κ1) is 15.4. The quantitative estimate of drug-likeness (QED) is 0.804. The standard InChI is InChI=1S/C13H19BrClNS/c1-9(8-17-3)7-16-10(2)12-5-4-11(14)6-13(12)15/h4-6,9-10,16H,7-8H2,1-3H3. The molecule has 0 heterocycles. The van der Waals surface area contributed by atoms with Crippen molar-refractivity contribution in [2.24, 2.45) is 5.92 Å². The van der Waals surface area contributed by atoms with E-state index in [-0.39, 0.29) is 0 Å². The molecule has 0 saturated carbocycles. The van der Waals surface area contributed by atoms with Crippen LogP contribution >= 0.6 is 39.3 Å². The molecule has 0 fully saturated rings. The van der Waals surface area contributed by atoms with Crippen LogP contribution in [0.15, 0.2) is 22.7 Å². The summed E-state index contributed by atoms with van der Waals surface area (Å²) in [5.74, 6) is 1.87. The second-order valence-electron chi connectivity index (χ2n) is 4.36. The van der Waals surface area contributed by atoms with Crippen molar-refractivity contribution in [1.82, 2.24) is 5.32 Å². The first-order valence-electron chi connectivity index (χ1n) is 5.72. The fourth-order valence-corrected chi connectivity index (χ4v) is 3.21. The number of hydrogen-bond donors (Lipinski definition) is 1. The molecule has 0 bridgehead atoms. The highest BCUT2D eigenvalue weighted by Gasteiger charge is 2.10. The van der Waals surface area contributed by atoms with Crippen molar-refractivity contribution in [3.63, 3.8) is 0 Å². The molecule has 1 aromatic rings. The monoisotopic (exact) mass is 335 g/mol. The van der Waals surface area contributed by atoms with Crippen molar-refractivity contribution in [3.05, 3.63) is 33.3 Å². The Kier molecular flexibility index (Phi) is 6.93. The summed E-state index contributed by atoms with van der Waals surface area (Å²) in [5, 5.41) is 4.35. The third kappa shape index (κ3) is 5.21. The molecule has 0 saturated heterocycles. The van der Waals surface area contributed by atoms with Crippen LogP contribution < -0.4 is 5.32 Å². The number of hydrogen-bond acceptors (Lipinski definition) is 2. The highest BCUT2D eigenvalue weighted by atomic mass is 79.9. The summed E-state index contributed by atoms with van der Waals surface area (Å²) in [7, 11) is 0. The third-order valence-electron chi connectivity index (χ3n) is 2.65. The summed E-state index contributed by atoms with van der Waals surface area (Å²) in [6, 6.07) is 6.34. The van der Waals surface area contributed by atoms with Crippen LogP contribution in [0.3, 0.4) is 0 Å². The zero-order valence-corrected chi connectivity index (χ0v) is 13.6. The van der Waals surface area contributed by atoms with Crippen LogP contribution in [0, 0.1) is 5.92 Å². The molecule has 4 heteroatoms. The lowest BCUT2D eigenvalue weighted by atomic mass is 10.1. The smallest absolute Gasteiger partial charge is 0.0464 e. The van der Waals surface area contributed by atoms with E-state index >= 15 is 0 Å². The summed E-state index contributed by atoms with van der Waals surface area (Å²) < 4.78 is 1.02. The fraction of sp³-hybridized carbons (Fsp3) is 0.538. The average molecular weight is 337 g/mol. The molecule has 96 valence electrons. The Morgan fingerprint density at radius 2 is 2.12 bits per heavy atom. The van der Waals surface area contributed by atoms with Gasteiger partial charge in [-0.25, -0.2) is 0 Å². The van der Waals surface area contributed by atoms with E-state index < -0.39 is 0 Å². The van der Waals surface area contributed by atoms with Crippen LogP contribution in [0.2, 0.25) is 5.02 Å². The van der Waals surface area contributed by atoms with Crippen LogP contribution in [0.25, 0.3) is 0 Å². The molecule has 17 heavy (non-hydrogen) atoms. The summed E-state index contributed by atoms with van der Waals surface area (Å²) in [6.07, 6.45) is 2.14. The van der Waals surface area contributed by atoms with Gasteiger partial charge in [-0.3, -0.25) is 0 Å². The topological polar surface area (TPSA) is 12.0 Å². The van der Waals surface area contributed by atoms with Crippen molar-refractivity contribution in [1.29, 1.82) is 0 Å². The van der Waals surface area contributed by atoms with E-state index in [0.29, 0.717) is 12.0 Å². The van der Waals surface area contributed by atoms with Crippen LogP contribution in [0.1, 0.15) is 25.5 Å². The van der Waals surface area contributed by atoms with Gasteiger partial charge in [-0.15, -0.1) is 0 Å². The number of thioether (sulfide) groups is 1. The molecular formula is C13H19BrClNS. The Morgan fingerprint density at radius 1 is 1.41 bits per heavy atom.